The number of nitrogens with two attached hydrogens (primary N) is 1. The van der Waals surface area contributed by atoms with E-state index < -0.39 is 0 Å². The van der Waals surface area contributed by atoms with E-state index in [2.05, 4.69) is 11.6 Å². The van der Waals surface area contributed by atoms with Crippen LogP contribution < -0.4 is 5.73 Å². The van der Waals surface area contributed by atoms with Crippen LogP contribution in [0.1, 0.15) is 37.9 Å². The Morgan fingerprint density at radius 1 is 1.30 bits per heavy atom. The van der Waals surface area contributed by atoms with E-state index in [9.17, 15) is 0 Å². The average molecular weight is 292 g/mol. The topological polar surface area (TPSA) is 43.8 Å². The summed E-state index contributed by atoms with van der Waals surface area (Å²) in [4.78, 5) is 4.78. The lowest BCUT2D eigenvalue weighted by Crippen LogP contribution is -2.35. The summed E-state index contributed by atoms with van der Waals surface area (Å²) in [5.41, 5.74) is 8.35. The lowest BCUT2D eigenvalue weighted by atomic mass is 9.71. The minimum Gasteiger partial charge on any atom is -0.330 e. The number of hydrogen-bond donors (Lipinski definition) is 1. The molecule has 2 aromatic rings. The second-order valence-electron chi connectivity index (χ2n) is 6.14. The van der Waals surface area contributed by atoms with Crippen LogP contribution in [0.4, 0.5) is 0 Å². The van der Waals surface area contributed by atoms with Gasteiger partial charge in [0.1, 0.15) is 5.82 Å². The summed E-state index contributed by atoms with van der Waals surface area (Å²) in [6, 6.07) is 5.91. The first kappa shape index (κ1) is 13.9. The lowest BCUT2D eigenvalue weighted by Gasteiger charge is -2.36. The molecule has 0 unspecified atom stereocenters. The van der Waals surface area contributed by atoms with Crippen LogP contribution in [0.2, 0.25) is 5.02 Å². The number of benzene rings is 1. The normalized spacial score (nSPS) is 18.6. The SMILES string of the molecule is Cn1c(CC2(CN)CCCCC2)nc2cccc(Cl)c21. The van der Waals surface area contributed by atoms with Crippen molar-refractivity contribution in [1.82, 2.24) is 9.55 Å². The fraction of sp³-hybridized carbons (Fsp3) is 0.562. The number of fused-ring (bicyclic) bond motifs is 1. The molecule has 0 amide bonds. The number of imidazole rings is 1. The monoisotopic (exact) mass is 291 g/mol. The Kier molecular flexibility index (Phi) is 3.74. The Labute approximate surface area is 125 Å². The summed E-state index contributed by atoms with van der Waals surface area (Å²) in [5.74, 6) is 1.11. The molecule has 20 heavy (non-hydrogen) atoms. The molecule has 0 spiro atoms. The first-order chi connectivity index (χ1) is 9.65. The van der Waals surface area contributed by atoms with E-state index in [0.717, 1.165) is 34.8 Å². The third-order valence-electron chi connectivity index (χ3n) is 4.82. The molecule has 0 radical (unpaired) electrons. The van der Waals surface area contributed by atoms with Gasteiger partial charge in [0.2, 0.25) is 0 Å². The molecule has 1 aromatic carbocycles. The van der Waals surface area contributed by atoms with Crippen LogP contribution in [0.25, 0.3) is 11.0 Å². The van der Waals surface area contributed by atoms with Gasteiger partial charge in [0.15, 0.2) is 0 Å². The Morgan fingerprint density at radius 2 is 2.05 bits per heavy atom. The first-order valence-electron chi connectivity index (χ1n) is 7.45. The molecule has 0 atom stereocenters. The number of aryl methyl sites for hydroxylation is 1. The van der Waals surface area contributed by atoms with Crippen LogP contribution in [0.15, 0.2) is 18.2 Å². The van der Waals surface area contributed by atoms with Crippen molar-refractivity contribution in [3.8, 4) is 0 Å². The molecule has 1 aliphatic rings. The summed E-state index contributed by atoms with van der Waals surface area (Å²) >= 11 is 6.30. The number of hydrogen-bond acceptors (Lipinski definition) is 2. The van der Waals surface area contributed by atoms with Crippen molar-refractivity contribution in [3.05, 3.63) is 29.0 Å². The van der Waals surface area contributed by atoms with Gasteiger partial charge in [-0.05, 0) is 36.9 Å². The van der Waals surface area contributed by atoms with Gasteiger partial charge in [-0.15, -0.1) is 0 Å². The second kappa shape index (κ2) is 5.38. The highest BCUT2D eigenvalue weighted by Gasteiger charge is 2.32. The molecule has 0 bridgehead atoms. The van der Waals surface area contributed by atoms with Gasteiger partial charge in [-0.1, -0.05) is 36.9 Å². The predicted molar refractivity (Wildman–Crippen MR) is 84.0 cm³/mol. The van der Waals surface area contributed by atoms with Gasteiger partial charge in [-0.3, -0.25) is 0 Å². The van der Waals surface area contributed by atoms with Crippen LogP contribution >= 0.6 is 11.6 Å². The zero-order valence-corrected chi connectivity index (χ0v) is 12.8. The number of aromatic nitrogens is 2. The van der Waals surface area contributed by atoms with Crippen LogP contribution in [-0.2, 0) is 13.5 Å². The molecule has 108 valence electrons. The zero-order valence-electron chi connectivity index (χ0n) is 12.0. The number of halogens is 1. The fourth-order valence-corrected chi connectivity index (χ4v) is 3.81. The van der Waals surface area contributed by atoms with E-state index in [1.54, 1.807) is 0 Å². The Morgan fingerprint density at radius 3 is 2.70 bits per heavy atom. The average Bonchev–Trinajstić information content (AvgIpc) is 2.78. The minimum atomic E-state index is 0.236. The first-order valence-corrected chi connectivity index (χ1v) is 7.83. The number of nitrogens with zero attached hydrogens (tertiary/aromatic N) is 2. The Bertz CT molecular complexity index is 611. The van der Waals surface area contributed by atoms with E-state index in [1.807, 2.05) is 18.2 Å². The second-order valence-corrected chi connectivity index (χ2v) is 6.54. The van der Waals surface area contributed by atoms with E-state index in [1.165, 1.54) is 32.1 Å². The number of para-hydroxylation sites is 1. The maximum atomic E-state index is 6.30. The smallest absolute Gasteiger partial charge is 0.110 e. The summed E-state index contributed by atoms with van der Waals surface area (Å²) in [5, 5.41) is 0.772. The van der Waals surface area contributed by atoms with Crippen molar-refractivity contribution in [2.45, 2.75) is 38.5 Å². The van der Waals surface area contributed by atoms with Crippen molar-refractivity contribution < 1.29 is 0 Å². The standard InChI is InChI=1S/C16H22ClN3/c1-20-14(10-16(11-18)8-3-2-4-9-16)19-13-7-5-6-12(17)15(13)20/h5-7H,2-4,8-11,18H2,1H3. The number of rotatable bonds is 3. The van der Waals surface area contributed by atoms with Crippen molar-refractivity contribution in [3.63, 3.8) is 0 Å². The predicted octanol–water partition coefficient (Wildman–Crippen LogP) is 3.68. The molecule has 2 N–H and O–H groups in total. The summed E-state index contributed by atoms with van der Waals surface area (Å²) < 4.78 is 2.14. The van der Waals surface area contributed by atoms with Gasteiger partial charge in [-0.2, -0.15) is 0 Å². The van der Waals surface area contributed by atoms with Crippen LogP contribution in [0.3, 0.4) is 0 Å². The highest BCUT2D eigenvalue weighted by atomic mass is 35.5. The van der Waals surface area contributed by atoms with Gasteiger partial charge in [0, 0.05) is 13.5 Å². The van der Waals surface area contributed by atoms with Crippen LogP contribution in [0.5, 0.6) is 0 Å². The molecule has 1 fully saturated rings. The van der Waals surface area contributed by atoms with Gasteiger partial charge in [-0.25, -0.2) is 4.98 Å². The van der Waals surface area contributed by atoms with E-state index in [4.69, 9.17) is 22.3 Å². The quantitative estimate of drug-likeness (QED) is 0.937. The molecule has 0 saturated heterocycles. The highest BCUT2D eigenvalue weighted by Crippen LogP contribution is 2.38. The largest absolute Gasteiger partial charge is 0.330 e. The summed E-state index contributed by atoms with van der Waals surface area (Å²) in [6.45, 7) is 0.754. The molecule has 4 heteroatoms. The van der Waals surface area contributed by atoms with Gasteiger partial charge >= 0.3 is 0 Å². The van der Waals surface area contributed by atoms with Gasteiger partial charge in [0.25, 0.3) is 0 Å². The Balaban J connectivity index is 1.98. The molecule has 1 heterocycles. The van der Waals surface area contributed by atoms with E-state index in [0.29, 0.717) is 0 Å². The third-order valence-corrected chi connectivity index (χ3v) is 5.12. The molecule has 1 aliphatic carbocycles. The molecular weight excluding hydrogens is 270 g/mol. The van der Waals surface area contributed by atoms with Crippen molar-refractivity contribution in [1.29, 1.82) is 0 Å². The molecular formula is C16H22ClN3. The molecule has 1 aromatic heterocycles. The third kappa shape index (κ3) is 2.33. The van der Waals surface area contributed by atoms with Crippen LogP contribution in [0, 0.1) is 5.41 Å². The molecule has 0 aliphatic heterocycles. The summed E-state index contributed by atoms with van der Waals surface area (Å²) in [6.07, 6.45) is 7.34. The highest BCUT2D eigenvalue weighted by molar-refractivity contribution is 6.35. The fourth-order valence-electron chi connectivity index (χ4n) is 3.52. The molecule has 3 nitrogen and oxygen atoms in total. The maximum absolute atomic E-state index is 6.30. The van der Waals surface area contributed by atoms with Gasteiger partial charge < -0.3 is 10.3 Å². The van der Waals surface area contributed by atoms with Crippen molar-refractivity contribution >= 4 is 22.6 Å². The minimum absolute atomic E-state index is 0.236. The van der Waals surface area contributed by atoms with E-state index >= 15 is 0 Å². The zero-order chi connectivity index (χ0) is 14.2. The van der Waals surface area contributed by atoms with Gasteiger partial charge in [0.05, 0.1) is 16.1 Å². The maximum Gasteiger partial charge on any atom is 0.110 e. The summed E-state index contributed by atoms with van der Waals surface area (Å²) in [7, 11) is 2.06. The van der Waals surface area contributed by atoms with Crippen molar-refractivity contribution in [2.75, 3.05) is 6.54 Å². The van der Waals surface area contributed by atoms with E-state index in [-0.39, 0.29) is 5.41 Å². The Hall–Kier alpha value is -1.06. The lowest BCUT2D eigenvalue weighted by molar-refractivity contribution is 0.192. The molecule has 1 saturated carbocycles. The van der Waals surface area contributed by atoms with Crippen molar-refractivity contribution in [2.24, 2.45) is 18.2 Å². The molecule has 3 rings (SSSR count). The van der Waals surface area contributed by atoms with Crippen LogP contribution in [-0.4, -0.2) is 16.1 Å².